The van der Waals surface area contributed by atoms with Crippen LogP contribution in [-0.2, 0) is 7.05 Å². The number of carbonyl (C=O) groups excluding carboxylic acids is 1. The molecule has 2 amide bonds. The van der Waals surface area contributed by atoms with Gasteiger partial charge in [0.25, 0.3) is 0 Å². The van der Waals surface area contributed by atoms with Crippen LogP contribution in [0, 0.1) is 0 Å². The number of piperazine rings is 1. The van der Waals surface area contributed by atoms with Crippen LogP contribution in [0.5, 0.6) is 5.75 Å². The molecule has 4 N–H and O–H groups in total. The normalized spacial score (nSPS) is 15.9. The number of rotatable bonds is 7. The van der Waals surface area contributed by atoms with Crippen LogP contribution < -0.4 is 26.0 Å². The molecule has 0 radical (unpaired) electrons. The van der Waals surface area contributed by atoms with E-state index in [1.165, 1.54) is 0 Å². The fourth-order valence-corrected chi connectivity index (χ4v) is 3.75. The van der Waals surface area contributed by atoms with Crippen LogP contribution in [0.25, 0.3) is 11.3 Å². The number of benzene rings is 2. The minimum absolute atomic E-state index is 0.340. The maximum Gasteiger partial charge on any atom is 0.323 e. The highest BCUT2D eigenvalue weighted by Gasteiger charge is 2.15. The molecule has 2 aromatic carbocycles. The van der Waals surface area contributed by atoms with E-state index < -0.39 is 0 Å². The molecule has 1 saturated heterocycles. The van der Waals surface area contributed by atoms with Crippen LogP contribution in [0.2, 0.25) is 5.02 Å². The Balaban J connectivity index is 1.46. The molecule has 3 aromatic rings. The number of anilines is 2. The summed E-state index contributed by atoms with van der Waals surface area (Å²) in [5, 5.41) is 17.4. The maximum atomic E-state index is 12.4. The van der Waals surface area contributed by atoms with Crippen molar-refractivity contribution in [1.82, 2.24) is 20.4 Å². The molecule has 168 valence electrons. The monoisotopic (exact) mass is 454 g/mol. The van der Waals surface area contributed by atoms with Crippen molar-refractivity contribution in [3.05, 3.63) is 59.8 Å². The second-order valence-corrected chi connectivity index (χ2v) is 8.07. The molecule has 0 spiro atoms. The molecule has 2 heterocycles. The lowest BCUT2D eigenvalue weighted by atomic mass is 10.1. The maximum absolute atomic E-state index is 12.4. The highest BCUT2D eigenvalue weighted by Crippen LogP contribution is 2.32. The number of carbonyl (C=O) groups is 1. The molecule has 9 heteroatoms. The summed E-state index contributed by atoms with van der Waals surface area (Å²) in [5.41, 5.74) is 3.07. The van der Waals surface area contributed by atoms with Crippen molar-refractivity contribution >= 4 is 29.0 Å². The minimum Gasteiger partial charge on any atom is -0.493 e. The summed E-state index contributed by atoms with van der Waals surface area (Å²) >= 11 is 5.90. The first-order valence-corrected chi connectivity index (χ1v) is 11.0. The highest BCUT2D eigenvalue weighted by atomic mass is 35.5. The van der Waals surface area contributed by atoms with Crippen molar-refractivity contribution in [2.75, 3.05) is 36.9 Å². The van der Waals surface area contributed by atoms with Crippen molar-refractivity contribution in [2.24, 2.45) is 7.05 Å². The molecule has 1 unspecified atom stereocenters. The Labute approximate surface area is 192 Å². The van der Waals surface area contributed by atoms with E-state index in [1.807, 2.05) is 31.3 Å². The second-order valence-electron chi connectivity index (χ2n) is 7.63. The average molecular weight is 455 g/mol. The third-order valence-electron chi connectivity index (χ3n) is 5.29. The van der Waals surface area contributed by atoms with Gasteiger partial charge in [-0.25, -0.2) is 4.79 Å². The van der Waals surface area contributed by atoms with Crippen LogP contribution in [-0.4, -0.2) is 48.1 Å². The zero-order chi connectivity index (χ0) is 22.3. The van der Waals surface area contributed by atoms with Crippen LogP contribution in [0.1, 0.15) is 6.42 Å². The average Bonchev–Trinajstić information content (AvgIpc) is 3.22. The van der Waals surface area contributed by atoms with E-state index >= 15 is 0 Å². The third kappa shape index (κ3) is 5.79. The highest BCUT2D eigenvalue weighted by molar-refractivity contribution is 6.30. The molecule has 4 rings (SSSR count). The summed E-state index contributed by atoms with van der Waals surface area (Å²) in [6.07, 6.45) is 2.64. The van der Waals surface area contributed by atoms with E-state index in [0.29, 0.717) is 29.0 Å². The van der Waals surface area contributed by atoms with Gasteiger partial charge in [-0.05, 0) is 55.0 Å². The Morgan fingerprint density at radius 1 is 1.16 bits per heavy atom. The van der Waals surface area contributed by atoms with E-state index in [9.17, 15) is 4.79 Å². The number of aryl methyl sites for hydroxylation is 1. The predicted octanol–water partition coefficient (Wildman–Crippen LogP) is 3.71. The standard InChI is InChI=1S/C23H27ClN6O2/c1-30-21(8-10-27-30)20-14-18(29-23(31)28-17-4-2-16(24)3-5-17)6-7-22(20)32-13-9-19-15-25-11-12-26-19/h2-8,10,14,19,25-26H,9,11-13,15H2,1H3,(H2,28,29,31). The van der Waals surface area contributed by atoms with Crippen molar-refractivity contribution in [3.63, 3.8) is 0 Å². The second kappa shape index (κ2) is 10.5. The molecule has 0 saturated carbocycles. The van der Waals surface area contributed by atoms with Crippen LogP contribution in [0.4, 0.5) is 16.2 Å². The molecule has 1 atom stereocenters. The van der Waals surface area contributed by atoms with E-state index in [-0.39, 0.29) is 6.03 Å². The van der Waals surface area contributed by atoms with Crippen LogP contribution in [0.15, 0.2) is 54.7 Å². The van der Waals surface area contributed by atoms with Crippen molar-refractivity contribution in [2.45, 2.75) is 12.5 Å². The number of halogens is 1. The molecular weight excluding hydrogens is 428 g/mol. The third-order valence-corrected chi connectivity index (χ3v) is 5.54. The first-order valence-electron chi connectivity index (χ1n) is 10.6. The van der Waals surface area contributed by atoms with Gasteiger partial charge in [-0.15, -0.1) is 0 Å². The summed E-state index contributed by atoms with van der Waals surface area (Å²) in [5.74, 6) is 0.751. The predicted molar refractivity (Wildman–Crippen MR) is 128 cm³/mol. The molecule has 1 aromatic heterocycles. The fraction of sp³-hybridized carbons (Fsp3) is 0.304. The largest absolute Gasteiger partial charge is 0.493 e. The zero-order valence-electron chi connectivity index (χ0n) is 17.9. The Morgan fingerprint density at radius 2 is 1.94 bits per heavy atom. The number of aromatic nitrogens is 2. The summed E-state index contributed by atoms with van der Waals surface area (Å²) < 4.78 is 7.92. The van der Waals surface area contributed by atoms with Gasteiger partial charge in [-0.2, -0.15) is 5.10 Å². The minimum atomic E-state index is -0.340. The van der Waals surface area contributed by atoms with E-state index in [2.05, 4.69) is 26.4 Å². The van der Waals surface area contributed by atoms with Crippen LogP contribution in [0.3, 0.4) is 0 Å². The van der Waals surface area contributed by atoms with Gasteiger partial charge < -0.3 is 26.0 Å². The van der Waals surface area contributed by atoms with E-state index in [4.69, 9.17) is 16.3 Å². The lowest BCUT2D eigenvalue weighted by molar-refractivity contribution is 0.262. The van der Waals surface area contributed by atoms with Gasteiger partial charge >= 0.3 is 6.03 Å². The number of urea groups is 1. The summed E-state index contributed by atoms with van der Waals surface area (Å²) in [7, 11) is 1.88. The molecule has 1 aliphatic rings. The van der Waals surface area contributed by atoms with E-state index in [1.54, 1.807) is 35.1 Å². The summed E-state index contributed by atoms with van der Waals surface area (Å²) in [6, 6.07) is 14.5. The summed E-state index contributed by atoms with van der Waals surface area (Å²) in [4.78, 5) is 12.4. The topological polar surface area (TPSA) is 92.2 Å². The molecule has 0 bridgehead atoms. The molecule has 32 heavy (non-hydrogen) atoms. The first kappa shape index (κ1) is 22.1. The number of nitrogens with zero attached hydrogens (tertiary/aromatic N) is 2. The smallest absolute Gasteiger partial charge is 0.323 e. The van der Waals surface area contributed by atoms with E-state index in [0.717, 1.165) is 43.1 Å². The molecule has 8 nitrogen and oxygen atoms in total. The number of ether oxygens (including phenoxy) is 1. The lowest BCUT2D eigenvalue weighted by Gasteiger charge is -2.24. The lowest BCUT2D eigenvalue weighted by Crippen LogP contribution is -2.48. The van der Waals surface area contributed by atoms with Gasteiger partial charge in [0, 0.05) is 60.9 Å². The number of hydrogen-bond donors (Lipinski definition) is 4. The van der Waals surface area contributed by atoms with Gasteiger partial charge in [-0.1, -0.05) is 11.6 Å². The van der Waals surface area contributed by atoms with Crippen molar-refractivity contribution in [1.29, 1.82) is 0 Å². The van der Waals surface area contributed by atoms with Gasteiger partial charge in [0.1, 0.15) is 5.75 Å². The number of amides is 2. The van der Waals surface area contributed by atoms with Gasteiger partial charge in [0.15, 0.2) is 0 Å². The Hall–Kier alpha value is -3.07. The quantitative estimate of drug-likeness (QED) is 0.436. The summed E-state index contributed by atoms with van der Waals surface area (Å²) in [6.45, 7) is 3.52. The molecule has 0 aliphatic carbocycles. The van der Waals surface area contributed by atoms with Gasteiger partial charge in [0.05, 0.1) is 12.3 Å². The number of hydrogen-bond acceptors (Lipinski definition) is 5. The van der Waals surface area contributed by atoms with Crippen LogP contribution >= 0.6 is 11.6 Å². The zero-order valence-corrected chi connectivity index (χ0v) is 18.7. The molecular formula is C23H27ClN6O2. The van der Waals surface area contributed by atoms with Gasteiger partial charge in [-0.3, -0.25) is 4.68 Å². The molecule has 1 aliphatic heterocycles. The Morgan fingerprint density at radius 3 is 2.66 bits per heavy atom. The van der Waals surface area contributed by atoms with Crippen molar-refractivity contribution < 1.29 is 9.53 Å². The SMILES string of the molecule is Cn1nccc1-c1cc(NC(=O)Nc2ccc(Cl)cc2)ccc1OCCC1CNCCN1. The van der Waals surface area contributed by atoms with Crippen molar-refractivity contribution in [3.8, 4) is 17.0 Å². The first-order chi connectivity index (χ1) is 15.6. The fourth-order valence-electron chi connectivity index (χ4n) is 3.63. The number of nitrogens with one attached hydrogen (secondary N) is 4. The molecule has 1 fully saturated rings. The Bertz CT molecular complexity index is 1050. The Kier molecular flexibility index (Phi) is 7.26. The van der Waals surface area contributed by atoms with Gasteiger partial charge in [0.2, 0.25) is 0 Å².